The smallest absolute Gasteiger partial charge is 0.281 e. The highest BCUT2D eigenvalue weighted by Crippen LogP contribution is 2.26. The fraction of sp³-hybridized carbons (Fsp3) is 0.458. The van der Waals surface area contributed by atoms with Crippen LogP contribution in [0.1, 0.15) is 45.1 Å². The lowest BCUT2D eigenvalue weighted by molar-refractivity contribution is 0.171. The maximum Gasteiger partial charge on any atom is 0.281 e. The third kappa shape index (κ3) is 5.15. The summed E-state index contributed by atoms with van der Waals surface area (Å²) in [6, 6.07) is 6.67. The highest BCUT2D eigenvalue weighted by molar-refractivity contribution is 6.35. The summed E-state index contributed by atoms with van der Waals surface area (Å²) in [5, 5.41) is 15.4. The number of anilines is 3. The molecule has 190 valence electrons. The van der Waals surface area contributed by atoms with Gasteiger partial charge >= 0.3 is 0 Å². The number of piperazine rings is 1. The van der Waals surface area contributed by atoms with Gasteiger partial charge in [0.15, 0.2) is 11.6 Å². The molecule has 1 aliphatic heterocycles. The van der Waals surface area contributed by atoms with E-state index in [9.17, 15) is 10.1 Å². The fourth-order valence-electron chi connectivity index (χ4n) is 4.50. The Bertz CT molecular complexity index is 1380. The first-order chi connectivity index (χ1) is 17.0. The average molecular weight is 511 g/mol. The molecule has 5 N–H and O–H groups in total. The topological polar surface area (TPSA) is 155 Å². The van der Waals surface area contributed by atoms with Gasteiger partial charge in [0.1, 0.15) is 17.5 Å². The summed E-state index contributed by atoms with van der Waals surface area (Å²) in [7, 11) is 0. The molecule has 36 heavy (non-hydrogen) atoms. The second kappa shape index (κ2) is 9.79. The molecule has 3 heterocycles. The van der Waals surface area contributed by atoms with Crippen molar-refractivity contribution in [2.75, 3.05) is 54.5 Å². The van der Waals surface area contributed by atoms with Crippen molar-refractivity contribution in [1.29, 1.82) is 5.26 Å². The van der Waals surface area contributed by atoms with Crippen molar-refractivity contribution in [2.45, 2.75) is 33.7 Å². The minimum Gasteiger partial charge on any atom is -0.382 e. The molecule has 0 spiro atoms. The number of nitrogens with zero attached hydrogens (tertiary/aromatic N) is 7. The SMILES string of the molecule is CC(Nc1nc(N)nc(N)c1C#N)c1nc2cccc(Cl)c2c(=O)n1N1CCN(CC(C)(C)C)CC1. The Morgan fingerprint density at radius 2 is 1.86 bits per heavy atom. The van der Waals surface area contributed by atoms with E-state index in [1.807, 2.05) is 18.0 Å². The third-order valence-electron chi connectivity index (χ3n) is 5.99. The molecule has 1 unspecified atom stereocenters. The Kier molecular flexibility index (Phi) is 6.93. The molecule has 11 nitrogen and oxygen atoms in total. The average Bonchev–Trinajstić information content (AvgIpc) is 2.78. The first-order valence-electron chi connectivity index (χ1n) is 11.8. The van der Waals surface area contributed by atoms with Gasteiger partial charge in [-0.05, 0) is 24.5 Å². The number of fused-ring (bicyclic) bond motifs is 1. The summed E-state index contributed by atoms with van der Waals surface area (Å²) >= 11 is 6.43. The van der Waals surface area contributed by atoms with Gasteiger partial charge in [-0.1, -0.05) is 38.4 Å². The molecule has 12 heteroatoms. The summed E-state index contributed by atoms with van der Waals surface area (Å²) < 4.78 is 1.60. The lowest BCUT2D eigenvalue weighted by Crippen LogP contribution is -2.56. The summed E-state index contributed by atoms with van der Waals surface area (Å²) in [5.74, 6) is 0.549. The summed E-state index contributed by atoms with van der Waals surface area (Å²) in [5.41, 5.74) is 12.1. The predicted molar refractivity (Wildman–Crippen MR) is 142 cm³/mol. The van der Waals surface area contributed by atoms with E-state index >= 15 is 0 Å². The molecule has 2 aromatic heterocycles. The predicted octanol–water partition coefficient (Wildman–Crippen LogP) is 2.35. The maximum absolute atomic E-state index is 13.8. The first kappa shape index (κ1) is 25.5. The normalized spacial score (nSPS) is 15.6. The second-order valence-electron chi connectivity index (χ2n) is 10.2. The van der Waals surface area contributed by atoms with Gasteiger partial charge in [0.05, 0.1) is 22.0 Å². The van der Waals surface area contributed by atoms with Crippen LogP contribution in [0.15, 0.2) is 23.0 Å². The quantitative estimate of drug-likeness (QED) is 0.465. The lowest BCUT2D eigenvalue weighted by atomic mass is 9.96. The third-order valence-corrected chi connectivity index (χ3v) is 6.30. The minimum atomic E-state index is -0.533. The van der Waals surface area contributed by atoms with Gasteiger partial charge in [0.25, 0.3) is 5.56 Å². The fourth-order valence-corrected chi connectivity index (χ4v) is 4.75. The van der Waals surface area contributed by atoms with Gasteiger partial charge < -0.3 is 21.8 Å². The summed E-state index contributed by atoms with van der Waals surface area (Å²) in [6.45, 7) is 12.3. The van der Waals surface area contributed by atoms with E-state index in [1.165, 1.54) is 0 Å². The molecule has 0 saturated carbocycles. The van der Waals surface area contributed by atoms with Crippen LogP contribution in [0, 0.1) is 16.7 Å². The van der Waals surface area contributed by atoms with Crippen LogP contribution in [0.25, 0.3) is 10.9 Å². The number of halogens is 1. The maximum atomic E-state index is 13.8. The van der Waals surface area contributed by atoms with Crippen molar-refractivity contribution in [3.8, 4) is 6.07 Å². The first-order valence-corrected chi connectivity index (χ1v) is 12.1. The molecule has 0 amide bonds. The van der Waals surface area contributed by atoms with Gasteiger partial charge in [0, 0.05) is 32.7 Å². The van der Waals surface area contributed by atoms with E-state index < -0.39 is 6.04 Å². The Morgan fingerprint density at radius 1 is 1.17 bits per heavy atom. The zero-order chi connectivity index (χ0) is 26.2. The number of hydrogen-bond acceptors (Lipinski definition) is 10. The number of aromatic nitrogens is 4. The van der Waals surface area contributed by atoms with Gasteiger partial charge in [-0.2, -0.15) is 15.2 Å². The summed E-state index contributed by atoms with van der Waals surface area (Å²) in [4.78, 5) is 29.0. The van der Waals surface area contributed by atoms with Crippen molar-refractivity contribution in [1.82, 2.24) is 24.5 Å². The van der Waals surface area contributed by atoms with Gasteiger partial charge in [0.2, 0.25) is 5.95 Å². The molecule has 1 aliphatic rings. The largest absolute Gasteiger partial charge is 0.382 e. The van der Waals surface area contributed by atoms with E-state index in [4.69, 9.17) is 28.1 Å². The molecule has 1 aromatic carbocycles. The van der Waals surface area contributed by atoms with Crippen molar-refractivity contribution in [2.24, 2.45) is 5.41 Å². The van der Waals surface area contributed by atoms with E-state index in [0.717, 1.165) is 19.6 Å². The molecule has 1 saturated heterocycles. The van der Waals surface area contributed by atoms with E-state index in [0.29, 0.717) is 34.8 Å². The zero-order valence-corrected chi connectivity index (χ0v) is 21.7. The molecule has 0 radical (unpaired) electrons. The zero-order valence-electron chi connectivity index (χ0n) is 20.9. The Labute approximate surface area is 214 Å². The van der Waals surface area contributed by atoms with Gasteiger partial charge in [-0.15, -0.1) is 0 Å². The number of rotatable bonds is 5. The minimum absolute atomic E-state index is 0.0229. The van der Waals surface area contributed by atoms with Crippen LogP contribution in [0.2, 0.25) is 5.02 Å². The highest BCUT2D eigenvalue weighted by atomic mass is 35.5. The van der Waals surface area contributed by atoms with Crippen molar-refractivity contribution >= 4 is 40.1 Å². The number of nitriles is 1. The van der Waals surface area contributed by atoms with Crippen molar-refractivity contribution in [3.05, 3.63) is 45.0 Å². The highest BCUT2D eigenvalue weighted by Gasteiger charge is 2.27. The lowest BCUT2D eigenvalue weighted by Gasteiger charge is -2.40. The van der Waals surface area contributed by atoms with Crippen LogP contribution < -0.4 is 27.4 Å². The van der Waals surface area contributed by atoms with Crippen LogP contribution >= 0.6 is 11.6 Å². The molecular weight excluding hydrogens is 480 g/mol. The molecule has 4 rings (SSSR count). The van der Waals surface area contributed by atoms with Crippen LogP contribution in [-0.2, 0) is 0 Å². The van der Waals surface area contributed by atoms with E-state index in [2.05, 4.69) is 41.0 Å². The molecule has 1 fully saturated rings. The van der Waals surface area contributed by atoms with Gasteiger partial charge in [-0.3, -0.25) is 9.69 Å². The van der Waals surface area contributed by atoms with Gasteiger partial charge in [-0.25, -0.2) is 9.66 Å². The van der Waals surface area contributed by atoms with E-state index in [-0.39, 0.29) is 34.1 Å². The monoisotopic (exact) mass is 510 g/mol. The molecule has 1 atom stereocenters. The number of hydrogen-bond donors (Lipinski definition) is 3. The second-order valence-corrected chi connectivity index (χ2v) is 10.6. The number of nitrogens with one attached hydrogen (secondary N) is 1. The molecule has 0 aliphatic carbocycles. The Hall–Kier alpha value is -3.62. The Morgan fingerprint density at radius 3 is 2.50 bits per heavy atom. The van der Waals surface area contributed by atoms with Crippen molar-refractivity contribution < 1.29 is 0 Å². The number of nitrogen functional groups attached to an aromatic ring is 2. The van der Waals surface area contributed by atoms with Crippen molar-refractivity contribution in [3.63, 3.8) is 0 Å². The summed E-state index contributed by atoms with van der Waals surface area (Å²) in [6.07, 6.45) is 0. The van der Waals surface area contributed by atoms with Crippen LogP contribution in [0.3, 0.4) is 0 Å². The van der Waals surface area contributed by atoms with E-state index in [1.54, 1.807) is 22.9 Å². The van der Waals surface area contributed by atoms with Crippen LogP contribution in [-0.4, -0.2) is 57.3 Å². The van der Waals surface area contributed by atoms with Crippen LogP contribution in [0.4, 0.5) is 17.6 Å². The molecule has 0 bridgehead atoms. The Balaban J connectivity index is 1.76. The molecule has 3 aromatic rings. The molecular formula is C24H31ClN10O. The number of benzene rings is 1. The van der Waals surface area contributed by atoms with Crippen LogP contribution in [0.5, 0.6) is 0 Å². The number of nitrogens with two attached hydrogens (primary N) is 2. The standard InChI is InChI=1S/C24H31ClN10O/c1-14(29-20-15(12-26)19(27)31-23(28)32-20)21-30-17-7-5-6-16(25)18(17)22(36)35(21)34-10-8-33(9-11-34)13-24(2,3)4/h5-7,14H,8-11,13H2,1-4H3,(H5,27,28,29,31,32).